The maximum absolute atomic E-state index is 12.3. The maximum Gasteiger partial charge on any atom is 0.255 e. The van der Waals surface area contributed by atoms with E-state index in [1.54, 1.807) is 36.4 Å². The van der Waals surface area contributed by atoms with Gasteiger partial charge in [0.05, 0.1) is 18.6 Å². The topological polar surface area (TPSA) is 71.4 Å². The fraction of sp³-hybridized carbons (Fsp3) is 0.300. The zero-order valence-electron chi connectivity index (χ0n) is 13.9. The molecule has 1 amide bonds. The summed E-state index contributed by atoms with van der Waals surface area (Å²) in [5.74, 6) is 0.548. The first-order chi connectivity index (χ1) is 12.2. The zero-order valence-corrected chi connectivity index (χ0v) is 13.9. The van der Waals surface area contributed by atoms with Gasteiger partial charge in [-0.25, -0.2) is 0 Å². The lowest BCUT2D eigenvalue weighted by Crippen LogP contribution is -2.16. The van der Waals surface area contributed by atoms with Crippen molar-refractivity contribution in [2.24, 2.45) is 0 Å². The molecule has 1 N–H and O–H groups in total. The molecule has 25 heavy (non-hydrogen) atoms. The Kier molecular flexibility index (Phi) is 5.65. The number of hydrogen-bond acceptors (Lipinski definition) is 4. The molecule has 0 saturated carbocycles. The summed E-state index contributed by atoms with van der Waals surface area (Å²) in [6, 6.07) is 16.4. The molecule has 0 bridgehead atoms. The van der Waals surface area contributed by atoms with Crippen molar-refractivity contribution >= 4 is 11.6 Å². The second kappa shape index (κ2) is 8.32. The molecule has 0 aliphatic carbocycles. The van der Waals surface area contributed by atoms with Crippen LogP contribution in [0.15, 0.2) is 48.5 Å². The summed E-state index contributed by atoms with van der Waals surface area (Å²) >= 11 is 0. The smallest absolute Gasteiger partial charge is 0.255 e. The van der Waals surface area contributed by atoms with Crippen LogP contribution in [0.4, 0.5) is 5.69 Å². The number of benzene rings is 2. The first kappa shape index (κ1) is 17.0. The lowest BCUT2D eigenvalue weighted by atomic mass is 10.1. The predicted octanol–water partition coefficient (Wildman–Crippen LogP) is 3.56. The zero-order chi connectivity index (χ0) is 17.5. The molecule has 1 saturated heterocycles. The average Bonchev–Trinajstić information content (AvgIpc) is 3.16. The molecule has 0 aromatic heterocycles. The third kappa shape index (κ3) is 4.82. The maximum atomic E-state index is 12.3. The number of carbonyl (C=O) groups excluding carboxylic acids is 1. The quantitative estimate of drug-likeness (QED) is 0.875. The van der Waals surface area contributed by atoms with Crippen molar-refractivity contribution in [1.29, 1.82) is 5.26 Å². The number of nitrogens with one attached hydrogen (secondary N) is 1. The van der Waals surface area contributed by atoms with Gasteiger partial charge in [0.25, 0.3) is 5.91 Å². The van der Waals surface area contributed by atoms with Gasteiger partial charge >= 0.3 is 0 Å². The van der Waals surface area contributed by atoms with Crippen LogP contribution in [-0.4, -0.2) is 25.2 Å². The highest BCUT2D eigenvalue weighted by molar-refractivity contribution is 6.04. The van der Waals surface area contributed by atoms with E-state index >= 15 is 0 Å². The molecule has 1 unspecified atom stereocenters. The second-order valence-corrected chi connectivity index (χ2v) is 5.96. The van der Waals surface area contributed by atoms with E-state index in [-0.39, 0.29) is 12.0 Å². The van der Waals surface area contributed by atoms with Crippen LogP contribution < -0.4 is 10.1 Å². The molecule has 1 aliphatic heterocycles. The number of nitriles is 1. The minimum Gasteiger partial charge on any atom is -0.491 e. The normalized spacial score (nSPS) is 16.2. The van der Waals surface area contributed by atoms with Gasteiger partial charge in [0, 0.05) is 17.9 Å². The number of rotatable bonds is 6. The van der Waals surface area contributed by atoms with Gasteiger partial charge < -0.3 is 14.8 Å². The molecule has 5 heteroatoms. The molecule has 2 aromatic rings. The number of amides is 1. The second-order valence-electron chi connectivity index (χ2n) is 5.96. The van der Waals surface area contributed by atoms with Crippen molar-refractivity contribution in [1.82, 2.24) is 0 Å². The summed E-state index contributed by atoms with van der Waals surface area (Å²) in [5.41, 5.74) is 2.18. The standard InChI is InChI=1S/C20H20N2O3/c21-12-11-15-3-7-17(8-4-15)22-20(23)16-5-9-18(10-6-16)25-14-19-2-1-13-24-19/h3-10,19H,1-2,11,13-14H2,(H,22,23). The molecule has 0 radical (unpaired) electrons. The van der Waals surface area contributed by atoms with Gasteiger partial charge in [-0.15, -0.1) is 0 Å². The molecule has 2 aromatic carbocycles. The van der Waals surface area contributed by atoms with Crippen molar-refractivity contribution in [3.8, 4) is 11.8 Å². The van der Waals surface area contributed by atoms with Crippen LogP contribution in [0.5, 0.6) is 5.75 Å². The largest absolute Gasteiger partial charge is 0.491 e. The highest BCUT2D eigenvalue weighted by atomic mass is 16.5. The summed E-state index contributed by atoms with van der Waals surface area (Å²) in [7, 11) is 0. The van der Waals surface area contributed by atoms with Crippen molar-refractivity contribution in [3.63, 3.8) is 0 Å². The molecule has 128 valence electrons. The van der Waals surface area contributed by atoms with E-state index in [9.17, 15) is 4.79 Å². The minimum atomic E-state index is -0.182. The predicted molar refractivity (Wildman–Crippen MR) is 94.6 cm³/mol. The van der Waals surface area contributed by atoms with E-state index < -0.39 is 0 Å². The lowest BCUT2D eigenvalue weighted by molar-refractivity contribution is 0.0679. The lowest BCUT2D eigenvalue weighted by Gasteiger charge is -2.12. The number of anilines is 1. The van der Waals surface area contributed by atoms with Gasteiger partial charge in [0.2, 0.25) is 0 Å². The van der Waals surface area contributed by atoms with E-state index in [0.29, 0.717) is 24.3 Å². The van der Waals surface area contributed by atoms with Crippen LogP contribution in [0, 0.1) is 11.3 Å². The molecule has 5 nitrogen and oxygen atoms in total. The summed E-state index contributed by atoms with van der Waals surface area (Å²) in [6.45, 7) is 1.35. The van der Waals surface area contributed by atoms with Gasteiger partial charge in [-0.1, -0.05) is 12.1 Å². The van der Waals surface area contributed by atoms with Crippen molar-refractivity contribution in [3.05, 3.63) is 59.7 Å². The van der Waals surface area contributed by atoms with Crippen molar-refractivity contribution in [2.45, 2.75) is 25.4 Å². The van der Waals surface area contributed by atoms with Crippen LogP contribution in [-0.2, 0) is 11.2 Å². The average molecular weight is 336 g/mol. The van der Waals surface area contributed by atoms with Gasteiger partial charge in [0.1, 0.15) is 12.4 Å². The Morgan fingerprint density at radius 1 is 1.20 bits per heavy atom. The van der Waals surface area contributed by atoms with E-state index in [0.717, 1.165) is 30.8 Å². The van der Waals surface area contributed by atoms with Gasteiger partial charge in [-0.2, -0.15) is 5.26 Å². The van der Waals surface area contributed by atoms with Crippen LogP contribution in [0.3, 0.4) is 0 Å². The Balaban J connectivity index is 1.53. The van der Waals surface area contributed by atoms with Crippen molar-refractivity contribution < 1.29 is 14.3 Å². The molecule has 0 spiro atoms. The molecule has 1 aliphatic rings. The van der Waals surface area contributed by atoms with Crippen molar-refractivity contribution in [2.75, 3.05) is 18.5 Å². The molecule has 1 atom stereocenters. The molecule has 1 fully saturated rings. The van der Waals surface area contributed by atoms with Crippen LogP contribution in [0.1, 0.15) is 28.8 Å². The van der Waals surface area contributed by atoms with E-state index in [2.05, 4.69) is 11.4 Å². The van der Waals surface area contributed by atoms with E-state index in [1.165, 1.54) is 0 Å². The van der Waals surface area contributed by atoms with Gasteiger partial charge in [-0.3, -0.25) is 4.79 Å². The third-order valence-electron chi connectivity index (χ3n) is 4.07. The van der Waals surface area contributed by atoms with Gasteiger partial charge in [0.15, 0.2) is 0 Å². The first-order valence-electron chi connectivity index (χ1n) is 8.36. The van der Waals surface area contributed by atoms with Crippen LogP contribution in [0.2, 0.25) is 0 Å². The van der Waals surface area contributed by atoms with Crippen LogP contribution >= 0.6 is 0 Å². The van der Waals surface area contributed by atoms with E-state index in [1.807, 2.05) is 12.1 Å². The summed E-state index contributed by atoms with van der Waals surface area (Å²) in [4.78, 5) is 12.3. The molecule has 3 rings (SSSR count). The summed E-state index contributed by atoms with van der Waals surface area (Å²) < 4.78 is 11.2. The Hall–Kier alpha value is -2.84. The monoisotopic (exact) mass is 336 g/mol. The number of hydrogen-bond donors (Lipinski definition) is 1. The molecular weight excluding hydrogens is 316 g/mol. The fourth-order valence-electron chi connectivity index (χ4n) is 2.67. The highest BCUT2D eigenvalue weighted by Gasteiger charge is 2.16. The van der Waals surface area contributed by atoms with Gasteiger partial charge in [-0.05, 0) is 54.8 Å². The number of nitrogens with zero attached hydrogens (tertiary/aromatic N) is 1. The third-order valence-corrected chi connectivity index (χ3v) is 4.07. The first-order valence-corrected chi connectivity index (χ1v) is 8.36. The Morgan fingerprint density at radius 3 is 2.60 bits per heavy atom. The summed E-state index contributed by atoms with van der Waals surface area (Å²) in [6.07, 6.45) is 2.66. The highest BCUT2D eigenvalue weighted by Crippen LogP contribution is 2.17. The Morgan fingerprint density at radius 2 is 1.96 bits per heavy atom. The molecule has 1 heterocycles. The fourth-order valence-corrected chi connectivity index (χ4v) is 2.67. The van der Waals surface area contributed by atoms with Crippen LogP contribution in [0.25, 0.3) is 0 Å². The molecular formula is C20H20N2O3. The number of carbonyl (C=O) groups is 1. The Bertz CT molecular complexity index is 742. The number of ether oxygens (including phenoxy) is 2. The van der Waals surface area contributed by atoms with E-state index in [4.69, 9.17) is 14.7 Å². The SMILES string of the molecule is N#CCc1ccc(NC(=O)c2ccc(OCC3CCCO3)cc2)cc1. The Labute approximate surface area is 147 Å². The summed E-state index contributed by atoms with van der Waals surface area (Å²) in [5, 5.41) is 11.5. The minimum absolute atomic E-state index is 0.173.